The molecular weight excluding hydrogens is 355 g/mol. The Morgan fingerprint density at radius 2 is 2.04 bits per heavy atom. The number of thiophene rings is 1. The molecule has 1 atom stereocenters. The Bertz CT molecular complexity index is 776. The highest BCUT2D eigenvalue weighted by atomic mass is 32.1. The molecule has 2 heterocycles. The summed E-state index contributed by atoms with van der Waals surface area (Å²) in [6.07, 6.45) is 0. The molecule has 6 nitrogen and oxygen atoms in total. The minimum atomic E-state index is -0.747. The number of halogens is 1. The van der Waals surface area contributed by atoms with Gasteiger partial charge in [-0.25, -0.2) is 4.39 Å². The van der Waals surface area contributed by atoms with E-state index in [2.05, 4.69) is 20.9 Å². The molecule has 138 valence electrons. The first-order valence-electron chi connectivity index (χ1n) is 8.45. The van der Waals surface area contributed by atoms with Gasteiger partial charge in [0.1, 0.15) is 11.9 Å². The number of anilines is 2. The smallest absolute Gasteiger partial charge is 0.261 e. The summed E-state index contributed by atoms with van der Waals surface area (Å²) in [6, 6.07) is 7.09. The van der Waals surface area contributed by atoms with Gasteiger partial charge in [-0.15, -0.1) is 11.3 Å². The summed E-state index contributed by atoms with van der Waals surface area (Å²) in [4.78, 5) is 27.2. The number of rotatable bonds is 5. The molecule has 1 aromatic heterocycles. The van der Waals surface area contributed by atoms with Gasteiger partial charge in [0.25, 0.3) is 5.91 Å². The van der Waals surface area contributed by atoms with Gasteiger partial charge in [0, 0.05) is 26.2 Å². The van der Waals surface area contributed by atoms with Gasteiger partial charge < -0.3 is 20.9 Å². The van der Waals surface area contributed by atoms with Crippen molar-refractivity contribution in [3.05, 3.63) is 46.4 Å². The zero-order valence-corrected chi connectivity index (χ0v) is 15.2. The summed E-state index contributed by atoms with van der Waals surface area (Å²) < 4.78 is 13.7. The fourth-order valence-electron chi connectivity index (χ4n) is 2.77. The Labute approximate surface area is 155 Å². The summed E-state index contributed by atoms with van der Waals surface area (Å²) in [6.45, 7) is 4.82. The normalized spacial score (nSPS) is 15.4. The Morgan fingerprint density at radius 1 is 1.27 bits per heavy atom. The van der Waals surface area contributed by atoms with Gasteiger partial charge in [0.05, 0.1) is 16.3 Å². The summed E-state index contributed by atoms with van der Waals surface area (Å²) >= 11 is 1.31. The molecule has 3 N–H and O–H groups in total. The van der Waals surface area contributed by atoms with Crippen LogP contribution in [0.2, 0.25) is 0 Å². The van der Waals surface area contributed by atoms with Crippen LogP contribution in [-0.4, -0.2) is 44.0 Å². The average molecular weight is 376 g/mol. The summed E-state index contributed by atoms with van der Waals surface area (Å²) in [5.41, 5.74) is 1.19. The lowest BCUT2D eigenvalue weighted by molar-refractivity contribution is -0.117. The van der Waals surface area contributed by atoms with E-state index < -0.39 is 17.8 Å². The highest BCUT2D eigenvalue weighted by Gasteiger charge is 2.20. The van der Waals surface area contributed by atoms with Crippen LogP contribution in [-0.2, 0) is 4.79 Å². The number of benzene rings is 1. The topological polar surface area (TPSA) is 73.5 Å². The first-order valence-corrected chi connectivity index (χ1v) is 9.33. The number of carbonyl (C=O) groups excluding carboxylic acids is 2. The molecule has 0 saturated carbocycles. The number of carbonyl (C=O) groups is 2. The van der Waals surface area contributed by atoms with Crippen molar-refractivity contribution in [2.24, 2.45) is 0 Å². The second-order valence-corrected chi connectivity index (χ2v) is 7.01. The van der Waals surface area contributed by atoms with E-state index in [0.29, 0.717) is 10.6 Å². The first kappa shape index (κ1) is 18.3. The molecule has 2 aromatic rings. The van der Waals surface area contributed by atoms with Crippen molar-refractivity contribution < 1.29 is 14.0 Å². The summed E-state index contributed by atoms with van der Waals surface area (Å²) in [7, 11) is 0. The van der Waals surface area contributed by atoms with Crippen LogP contribution in [0.3, 0.4) is 0 Å². The minimum absolute atomic E-state index is 0.302. The van der Waals surface area contributed by atoms with E-state index in [1.54, 1.807) is 30.5 Å². The molecule has 0 bridgehead atoms. The molecule has 0 aliphatic carbocycles. The fourth-order valence-corrected chi connectivity index (χ4v) is 3.40. The van der Waals surface area contributed by atoms with Gasteiger partial charge >= 0.3 is 0 Å². The number of hydrogen-bond acceptors (Lipinski definition) is 5. The van der Waals surface area contributed by atoms with Crippen LogP contribution in [0.15, 0.2) is 35.7 Å². The molecule has 0 spiro atoms. The molecule has 3 rings (SSSR count). The lowest BCUT2D eigenvalue weighted by atomic mass is 10.2. The molecule has 1 aromatic carbocycles. The van der Waals surface area contributed by atoms with E-state index in [9.17, 15) is 14.0 Å². The van der Waals surface area contributed by atoms with Crippen LogP contribution in [0.4, 0.5) is 15.8 Å². The molecular formula is C18H21FN4O2S. The highest BCUT2D eigenvalue weighted by molar-refractivity contribution is 7.12. The second kappa shape index (κ2) is 8.29. The average Bonchev–Trinajstić information content (AvgIpc) is 3.17. The van der Waals surface area contributed by atoms with Gasteiger partial charge in [-0.2, -0.15) is 0 Å². The van der Waals surface area contributed by atoms with Crippen molar-refractivity contribution in [2.75, 3.05) is 36.4 Å². The SMILES string of the molecule is CC(NC(=O)c1cccs1)C(=O)Nc1cc(F)ccc1N1CCNCC1. The van der Waals surface area contributed by atoms with Crippen molar-refractivity contribution >= 4 is 34.5 Å². The monoisotopic (exact) mass is 376 g/mol. The lowest BCUT2D eigenvalue weighted by Crippen LogP contribution is -2.44. The van der Waals surface area contributed by atoms with E-state index in [-0.39, 0.29) is 5.91 Å². The molecule has 1 fully saturated rings. The van der Waals surface area contributed by atoms with Crippen LogP contribution < -0.4 is 20.9 Å². The standard InChI is InChI=1S/C18H21FN4O2S/c1-12(21-18(25)16-3-2-10-26-16)17(24)22-14-11-13(19)4-5-15(14)23-8-6-20-7-9-23/h2-5,10-12,20H,6-9H2,1H3,(H,21,25)(H,22,24). The Balaban J connectivity index is 1.69. The van der Waals surface area contributed by atoms with Gasteiger partial charge in [-0.3, -0.25) is 9.59 Å². The van der Waals surface area contributed by atoms with Crippen LogP contribution >= 0.6 is 11.3 Å². The third-order valence-corrected chi connectivity index (χ3v) is 5.03. The number of nitrogens with zero attached hydrogens (tertiary/aromatic N) is 1. The maximum Gasteiger partial charge on any atom is 0.261 e. The molecule has 0 radical (unpaired) electrons. The molecule has 1 saturated heterocycles. The van der Waals surface area contributed by atoms with E-state index in [1.807, 2.05) is 0 Å². The zero-order valence-electron chi connectivity index (χ0n) is 14.4. The van der Waals surface area contributed by atoms with Crippen molar-refractivity contribution in [1.82, 2.24) is 10.6 Å². The number of amides is 2. The third-order valence-electron chi connectivity index (χ3n) is 4.16. The Kier molecular flexibility index (Phi) is 5.85. The molecule has 8 heteroatoms. The van der Waals surface area contributed by atoms with Crippen molar-refractivity contribution in [3.8, 4) is 0 Å². The van der Waals surface area contributed by atoms with E-state index >= 15 is 0 Å². The predicted molar refractivity (Wildman–Crippen MR) is 101 cm³/mol. The van der Waals surface area contributed by atoms with Gasteiger partial charge in [0.2, 0.25) is 5.91 Å². The molecule has 1 aliphatic heterocycles. The molecule has 2 amide bonds. The molecule has 1 unspecified atom stereocenters. The van der Waals surface area contributed by atoms with Crippen LogP contribution in [0.25, 0.3) is 0 Å². The van der Waals surface area contributed by atoms with E-state index in [1.165, 1.54) is 23.5 Å². The van der Waals surface area contributed by atoms with Crippen LogP contribution in [0.1, 0.15) is 16.6 Å². The third kappa shape index (κ3) is 4.39. The number of nitrogens with one attached hydrogen (secondary N) is 3. The van der Waals surface area contributed by atoms with Crippen LogP contribution in [0, 0.1) is 5.82 Å². The largest absolute Gasteiger partial charge is 0.367 e. The molecule has 26 heavy (non-hydrogen) atoms. The predicted octanol–water partition coefficient (Wildman–Crippen LogP) is 2.05. The van der Waals surface area contributed by atoms with Crippen molar-refractivity contribution in [2.45, 2.75) is 13.0 Å². The highest BCUT2D eigenvalue weighted by Crippen LogP contribution is 2.27. The van der Waals surface area contributed by atoms with Crippen molar-refractivity contribution in [1.29, 1.82) is 0 Å². The number of piperazine rings is 1. The van der Waals surface area contributed by atoms with Crippen LogP contribution in [0.5, 0.6) is 0 Å². The Hall–Kier alpha value is -2.45. The second-order valence-electron chi connectivity index (χ2n) is 6.06. The summed E-state index contributed by atoms with van der Waals surface area (Å²) in [5.74, 6) is -1.12. The van der Waals surface area contributed by atoms with E-state index in [0.717, 1.165) is 31.9 Å². The van der Waals surface area contributed by atoms with E-state index in [4.69, 9.17) is 0 Å². The first-order chi connectivity index (χ1) is 12.5. The van der Waals surface area contributed by atoms with Gasteiger partial charge in [-0.1, -0.05) is 6.07 Å². The zero-order chi connectivity index (χ0) is 18.5. The fraction of sp³-hybridized carbons (Fsp3) is 0.333. The maximum absolute atomic E-state index is 13.7. The van der Waals surface area contributed by atoms with Gasteiger partial charge in [-0.05, 0) is 36.6 Å². The molecule has 1 aliphatic rings. The van der Waals surface area contributed by atoms with Gasteiger partial charge in [0.15, 0.2) is 0 Å². The maximum atomic E-state index is 13.7. The Morgan fingerprint density at radius 3 is 2.73 bits per heavy atom. The van der Waals surface area contributed by atoms with Crippen molar-refractivity contribution in [3.63, 3.8) is 0 Å². The number of hydrogen-bond donors (Lipinski definition) is 3. The summed E-state index contributed by atoms with van der Waals surface area (Å²) in [5, 5.41) is 10.5. The quantitative estimate of drug-likeness (QED) is 0.747. The minimum Gasteiger partial charge on any atom is -0.367 e. The lowest BCUT2D eigenvalue weighted by Gasteiger charge is -2.31.